The van der Waals surface area contributed by atoms with E-state index in [9.17, 15) is 0 Å². The fourth-order valence-electron chi connectivity index (χ4n) is 0.770. The number of alkyl halides is 1. The summed E-state index contributed by atoms with van der Waals surface area (Å²) >= 11 is 2.02. The molecule has 0 fully saturated rings. The van der Waals surface area contributed by atoms with Crippen LogP contribution in [0.25, 0.3) is 0 Å². The Morgan fingerprint density at radius 3 is 2.90 bits per heavy atom. The maximum absolute atomic E-state index is 9.03. The van der Waals surface area contributed by atoms with Gasteiger partial charge in [-0.1, -0.05) is 34.7 Å². The number of allylic oxidation sites excluding steroid dienone is 4. The van der Waals surface area contributed by atoms with Crippen LogP contribution < -0.4 is 0 Å². The molecule has 0 radical (unpaired) electrons. The van der Waals surface area contributed by atoms with Crippen molar-refractivity contribution in [2.24, 2.45) is 0 Å². The van der Waals surface area contributed by atoms with Crippen molar-refractivity contribution < 1.29 is 5.11 Å². The number of nitrogens with zero attached hydrogens (tertiary/aromatic N) is 1. The summed E-state index contributed by atoms with van der Waals surface area (Å²) < 4.78 is -0.531. The number of hydrogen-bond acceptors (Lipinski definition) is 2. The van der Waals surface area contributed by atoms with Gasteiger partial charge in [0.25, 0.3) is 0 Å². The van der Waals surface area contributed by atoms with Gasteiger partial charge in [0.1, 0.15) is 3.42 Å². The Balaban J connectivity index is 2.84. The molecule has 0 saturated carbocycles. The van der Waals surface area contributed by atoms with Crippen LogP contribution in [0.1, 0.15) is 6.42 Å². The molecule has 1 aliphatic carbocycles. The van der Waals surface area contributed by atoms with Crippen molar-refractivity contribution in [3.8, 4) is 6.07 Å². The van der Waals surface area contributed by atoms with Crippen LogP contribution >= 0.6 is 22.6 Å². The van der Waals surface area contributed by atoms with E-state index in [1.54, 1.807) is 18.2 Å². The molecule has 1 unspecified atom stereocenters. The minimum atomic E-state index is -0.531. The lowest BCUT2D eigenvalue weighted by atomic mass is 10.0. The van der Waals surface area contributed by atoms with Crippen LogP contribution in [-0.2, 0) is 0 Å². The zero-order chi connectivity index (χ0) is 7.61. The molecule has 0 bridgehead atoms. The molecule has 0 heterocycles. The first-order chi connectivity index (χ1) is 4.66. The van der Waals surface area contributed by atoms with Crippen molar-refractivity contribution in [1.82, 2.24) is 0 Å². The smallest absolute Gasteiger partial charge is 0.134 e. The summed E-state index contributed by atoms with van der Waals surface area (Å²) in [6.07, 6.45) is 5.51. The number of halogens is 1. The molecule has 1 rings (SSSR count). The molecule has 1 atom stereocenters. The quantitative estimate of drug-likeness (QED) is 0.526. The standard InChI is InChI=1S/C7H6INO/c8-7(5-9)3-1-2-6(10)4-7/h1-3,10H,4H2. The second kappa shape index (κ2) is 2.62. The highest BCUT2D eigenvalue weighted by Crippen LogP contribution is 2.29. The summed E-state index contributed by atoms with van der Waals surface area (Å²) in [5, 5.41) is 17.7. The molecule has 2 nitrogen and oxygen atoms in total. The number of aliphatic hydroxyl groups excluding tert-OH is 1. The minimum Gasteiger partial charge on any atom is -0.512 e. The second-order valence-corrected chi connectivity index (χ2v) is 4.09. The van der Waals surface area contributed by atoms with Crippen molar-refractivity contribution in [2.75, 3.05) is 0 Å². The number of nitriles is 1. The van der Waals surface area contributed by atoms with Gasteiger partial charge < -0.3 is 5.11 Å². The van der Waals surface area contributed by atoms with Crippen LogP contribution in [0.3, 0.4) is 0 Å². The zero-order valence-electron chi connectivity index (χ0n) is 5.21. The van der Waals surface area contributed by atoms with Crippen LogP contribution in [0.2, 0.25) is 0 Å². The number of hydrogen-bond donors (Lipinski definition) is 1. The summed E-state index contributed by atoms with van der Waals surface area (Å²) in [4.78, 5) is 0. The van der Waals surface area contributed by atoms with Gasteiger partial charge in [0, 0.05) is 6.42 Å². The molecule has 52 valence electrons. The third kappa shape index (κ3) is 1.51. The normalized spacial score (nSPS) is 31.0. The zero-order valence-corrected chi connectivity index (χ0v) is 7.37. The predicted molar refractivity (Wildman–Crippen MR) is 46.8 cm³/mol. The summed E-state index contributed by atoms with van der Waals surface area (Å²) in [6, 6.07) is 2.11. The maximum atomic E-state index is 9.03. The highest BCUT2D eigenvalue weighted by molar-refractivity contribution is 14.1. The third-order valence-electron chi connectivity index (χ3n) is 1.27. The van der Waals surface area contributed by atoms with Gasteiger partial charge in [-0.25, -0.2) is 0 Å². The number of aliphatic hydroxyl groups is 1. The van der Waals surface area contributed by atoms with E-state index in [4.69, 9.17) is 10.4 Å². The molecular formula is C7H6INO. The highest BCUT2D eigenvalue weighted by atomic mass is 127. The molecule has 1 N–H and O–H groups in total. The second-order valence-electron chi connectivity index (χ2n) is 2.17. The maximum Gasteiger partial charge on any atom is 0.134 e. The summed E-state index contributed by atoms with van der Waals surface area (Å²) in [5.74, 6) is 0.276. The molecular weight excluding hydrogens is 241 g/mol. The summed E-state index contributed by atoms with van der Waals surface area (Å²) in [5.41, 5.74) is 0. The topological polar surface area (TPSA) is 44.0 Å². The molecule has 0 aromatic heterocycles. The van der Waals surface area contributed by atoms with E-state index in [0.717, 1.165) is 0 Å². The monoisotopic (exact) mass is 247 g/mol. The van der Waals surface area contributed by atoms with E-state index in [0.29, 0.717) is 6.42 Å². The Hall–Kier alpha value is -0.500. The lowest BCUT2D eigenvalue weighted by Gasteiger charge is -2.16. The van der Waals surface area contributed by atoms with Crippen LogP contribution in [0.15, 0.2) is 24.0 Å². The van der Waals surface area contributed by atoms with Crippen LogP contribution in [0, 0.1) is 11.3 Å². The molecule has 0 spiro atoms. The predicted octanol–water partition coefficient (Wildman–Crippen LogP) is 2.09. The van der Waals surface area contributed by atoms with Gasteiger partial charge in [-0.05, 0) is 6.08 Å². The van der Waals surface area contributed by atoms with Gasteiger partial charge in [0.2, 0.25) is 0 Å². The van der Waals surface area contributed by atoms with Crippen LogP contribution in [-0.4, -0.2) is 8.53 Å². The summed E-state index contributed by atoms with van der Waals surface area (Å²) in [6.45, 7) is 0. The van der Waals surface area contributed by atoms with Gasteiger partial charge in [0.05, 0.1) is 11.8 Å². The van der Waals surface area contributed by atoms with Gasteiger partial charge in [-0.3, -0.25) is 0 Å². The molecule has 0 amide bonds. The largest absolute Gasteiger partial charge is 0.512 e. The van der Waals surface area contributed by atoms with Gasteiger partial charge >= 0.3 is 0 Å². The lowest BCUT2D eigenvalue weighted by molar-refractivity contribution is 0.384. The Morgan fingerprint density at radius 1 is 1.80 bits per heavy atom. The lowest BCUT2D eigenvalue weighted by Crippen LogP contribution is -2.17. The van der Waals surface area contributed by atoms with Crippen molar-refractivity contribution in [1.29, 1.82) is 5.26 Å². The molecule has 3 heteroatoms. The van der Waals surface area contributed by atoms with Crippen LogP contribution in [0.4, 0.5) is 0 Å². The molecule has 0 aromatic carbocycles. The van der Waals surface area contributed by atoms with Crippen LogP contribution in [0.5, 0.6) is 0 Å². The Morgan fingerprint density at radius 2 is 2.50 bits per heavy atom. The first kappa shape index (κ1) is 7.61. The van der Waals surface area contributed by atoms with Crippen molar-refractivity contribution in [3.63, 3.8) is 0 Å². The Labute approximate surface area is 73.0 Å². The average Bonchev–Trinajstić information content (AvgIpc) is 1.88. The molecule has 0 aliphatic heterocycles. The average molecular weight is 247 g/mol. The first-order valence-corrected chi connectivity index (χ1v) is 3.92. The number of rotatable bonds is 0. The van der Waals surface area contributed by atoms with Crippen molar-refractivity contribution in [2.45, 2.75) is 9.84 Å². The SMILES string of the molecule is N#CC1(I)C=CC=C(O)C1. The Bertz CT molecular complexity index is 238. The van der Waals surface area contributed by atoms with Gasteiger partial charge in [-0.2, -0.15) is 5.26 Å². The summed E-state index contributed by atoms with van der Waals surface area (Å²) in [7, 11) is 0. The van der Waals surface area contributed by atoms with Gasteiger partial charge in [0.15, 0.2) is 0 Å². The van der Waals surface area contributed by atoms with E-state index >= 15 is 0 Å². The van der Waals surface area contributed by atoms with E-state index in [2.05, 4.69) is 6.07 Å². The van der Waals surface area contributed by atoms with E-state index in [1.165, 1.54) is 0 Å². The first-order valence-electron chi connectivity index (χ1n) is 2.84. The Kier molecular flexibility index (Phi) is 2.00. The van der Waals surface area contributed by atoms with E-state index < -0.39 is 3.42 Å². The fraction of sp³-hybridized carbons (Fsp3) is 0.286. The van der Waals surface area contributed by atoms with E-state index in [1.807, 2.05) is 22.6 Å². The third-order valence-corrected chi connectivity index (χ3v) is 2.26. The molecule has 1 aliphatic rings. The molecule has 0 aromatic rings. The van der Waals surface area contributed by atoms with Gasteiger partial charge in [-0.15, -0.1) is 0 Å². The molecule has 0 saturated heterocycles. The fourth-order valence-corrected chi connectivity index (χ4v) is 1.37. The van der Waals surface area contributed by atoms with E-state index in [-0.39, 0.29) is 5.76 Å². The highest BCUT2D eigenvalue weighted by Gasteiger charge is 2.25. The molecule has 10 heavy (non-hydrogen) atoms. The van der Waals surface area contributed by atoms with Crippen molar-refractivity contribution >= 4 is 22.6 Å². The minimum absolute atomic E-state index is 0.276. The van der Waals surface area contributed by atoms with Crippen molar-refractivity contribution in [3.05, 3.63) is 24.0 Å².